The quantitative estimate of drug-likeness (QED) is 0.349. The third-order valence-corrected chi connectivity index (χ3v) is 5.37. The van der Waals surface area contributed by atoms with Gasteiger partial charge in [0.05, 0.1) is 25.9 Å². The summed E-state index contributed by atoms with van der Waals surface area (Å²) in [4.78, 5) is 6.97. The number of ether oxygens (including phenoxy) is 3. The number of rotatable bonds is 11. The van der Waals surface area contributed by atoms with E-state index in [-0.39, 0.29) is 0 Å². The molecule has 6 nitrogen and oxygen atoms in total. The first-order chi connectivity index (χ1) is 14.2. The maximum absolute atomic E-state index is 6.05. The lowest BCUT2D eigenvalue weighted by Gasteiger charge is -2.22. The van der Waals surface area contributed by atoms with Crippen LogP contribution in [0.15, 0.2) is 29.3 Å². The van der Waals surface area contributed by atoms with Crippen LogP contribution in [0.1, 0.15) is 43.7 Å². The molecule has 1 saturated carbocycles. The fraction of sp³-hybridized carbons (Fsp3) is 0.696. The second-order valence-corrected chi connectivity index (χ2v) is 8.05. The molecular weight excluding hydrogens is 366 g/mol. The fourth-order valence-electron chi connectivity index (χ4n) is 3.35. The molecule has 1 aliphatic carbocycles. The van der Waals surface area contributed by atoms with Crippen molar-refractivity contribution in [2.24, 2.45) is 10.9 Å². The van der Waals surface area contributed by atoms with E-state index in [9.17, 15) is 0 Å². The number of hydrogen-bond donors (Lipinski definition) is 1. The molecule has 1 aliphatic heterocycles. The summed E-state index contributed by atoms with van der Waals surface area (Å²) in [6.45, 7) is 8.38. The van der Waals surface area contributed by atoms with Gasteiger partial charge >= 0.3 is 0 Å². The van der Waals surface area contributed by atoms with E-state index in [1.807, 2.05) is 0 Å². The zero-order valence-electron chi connectivity index (χ0n) is 18.1. The number of nitrogens with one attached hydrogen (secondary N) is 1. The number of guanidine groups is 1. The van der Waals surface area contributed by atoms with Crippen molar-refractivity contribution < 1.29 is 14.2 Å². The van der Waals surface area contributed by atoms with Gasteiger partial charge in [0, 0.05) is 40.0 Å². The van der Waals surface area contributed by atoms with Crippen LogP contribution in [0.3, 0.4) is 0 Å². The van der Waals surface area contributed by atoms with Crippen LogP contribution in [0.5, 0.6) is 0 Å². The minimum absolute atomic E-state index is 0.321. The van der Waals surface area contributed by atoms with Crippen molar-refractivity contribution in [2.75, 3.05) is 46.6 Å². The molecule has 1 saturated heterocycles. The highest BCUT2D eigenvalue weighted by atomic mass is 16.5. The van der Waals surface area contributed by atoms with E-state index in [1.165, 1.54) is 24.0 Å². The SMILES string of the molecule is CCNC(=NCc1cccc(COC2CCOCC2)c1)N(C)CCOCC1CC1. The van der Waals surface area contributed by atoms with Crippen LogP contribution in [0.25, 0.3) is 0 Å². The first-order valence-electron chi connectivity index (χ1n) is 11.1. The Bertz CT molecular complexity index is 628. The van der Waals surface area contributed by atoms with E-state index < -0.39 is 0 Å². The van der Waals surface area contributed by atoms with Crippen LogP contribution in [0, 0.1) is 5.92 Å². The normalized spacial score (nSPS) is 18.1. The van der Waals surface area contributed by atoms with Crippen molar-refractivity contribution in [3.05, 3.63) is 35.4 Å². The molecule has 0 atom stereocenters. The van der Waals surface area contributed by atoms with Crippen molar-refractivity contribution in [1.82, 2.24) is 10.2 Å². The zero-order chi connectivity index (χ0) is 20.3. The van der Waals surface area contributed by atoms with Gasteiger partial charge in [0.25, 0.3) is 0 Å². The number of benzene rings is 1. The van der Waals surface area contributed by atoms with Crippen LogP contribution in [0.4, 0.5) is 0 Å². The minimum Gasteiger partial charge on any atom is -0.381 e. The fourth-order valence-corrected chi connectivity index (χ4v) is 3.35. The molecule has 0 unspecified atom stereocenters. The summed E-state index contributed by atoms with van der Waals surface area (Å²) in [6.07, 6.45) is 4.97. The van der Waals surface area contributed by atoms with E-state index in [2.05, 4.69) is 48.5 Å². The predicted molar refractivity (Wildman–Crippen MR) is 116 cm³/mol. The molecule has 3 rings (SSSR count). The monoisotopic (exact) mass is 403 g/mol. The Morgan fingerprint density at radius 3 is 2.76 bits per heavy atom. The van der Waals surface area contributed by atoms with Crippen molar-refractivity contribution in [1.29, 1.82) is 0 Å². The molecule has 1 N–H and O–H groups in total. The highest BCUT2D eigenvalue weighted by Crippen LogP contribution is 2.28. The molecule has 1 aromatic carbocycles. The topological polar surface area (TPSA) is 55.3 Å². The third-order valence-electron chi connectivity index (χ3n) is 5.37. The van der Waals surface area contributed by atoms with E-state index in [0.717, 1.165) is 64.2 Å². The summed E-state index contributed by atoms with van der Waals surface area (Å²) in [5.74, 6) is 1.73. The molecule has 1 heterocycles. The van der Waals surface area contributed by atoms with Crippen molar-refractivity contribution >= 4 is 5.96 Å². The second kappa shape index (κ2) is 12.2. The van der Waals surface area contributed by atoms with Crippen LogP contribution in [0.2, 0.25) is 0 Å². The Labute approximate surface area is 175 Å². The smallest absolute Gasteiger partial charge is 0.194 e. The van der Waals surface area contributed by atoms with Gasteiger partial charge in [-0.15, -0.1) is 0 Å². The highest BCUT2D eigenvalue weighted by Gasteiger charge is 2.21. The molecule has 2 aliphatic rings. The Hall–Kier alpha value is -1.63. The maximum Gasteiger partial charge on any atom is 0.194 e. The van der Waals surface area contributed by atoms with Gasteiger partial charge in [0.1, 0.15) is 0 Å². The maximum atomic E-state index is 6.05. The summed E-state index contributed by atoms with van der Waals surface area (Å²) in [5.41, 5.74) is 2.41. The number of aliphatic imine (C=N–C) groups is 1. The Balaban J connectivity index is 1.46. The largest absolute Gasteiger partial charge is 0.381 e. The van der Waals surface area contributed by atoms with Gasteiger partial charge < -0.3 is 24.4 Å². The van der Waals surface area contributed by atoms with Gasteiger partial charge in [-0.25, -0.2) is 4.99 Å². The molecule has 162 valence electrons. The van der Waals surface area contributed by atoms with Crippen molar-refractivity contribution in [2.45, 2.75) is 51.9 Å². The third kappa shape index (κ3) is 8.33. The second-order valence-electron chi connectivity index (χ2n) is 8.05. The molecule has 2 fully saturated rings. The van der Waals surface area contributed by atoms with Crippen molar-refractivity contribution in [3.63, 3.8) is 0 Å². The molecular formula is C23H37N3O3. The molecule has 0 spiro atoms. The van der Waals surface area contributed by atoms with Gasteiger partial charge in [-0.2, -0.15) is 0 Å². The van der Waals surface area contributed by atoms with Crippen molar-refractivity contribution in [3.8, 4) is 0 Å². The average Bonchev–Trinajstić information content (AvgIpc) is 3.58. The Morgan fingerprint density at radius 1 is 1.21 bits per heavy atom. The summed E-state index contributed by atoms with van der Waals surface area (Å²) >= 11 is 0. The molecule has 1 aromatic rings. The first kappa shape index (κ1) is 22.1. The van der Waals surface area contributed by atoms with Crippen LogP contribution in [-0.2, 0) is 27.4 Å². The van der Waals surface area contributed by atoms with Crippen LogP contribution >= 0.6 is 0 Å². The Morgan fingerprint density at radius 2 is 2.00 bits per heavy atom. The first-order valence-corrected chi connectivity index (χ1v) is 11.1. The summed E-state index contributed by atoms with van der Waals surface area (Å²) in [6, 6.07) is 8.55. The van der Waals surface area contributed by atoms with Gasteiger partial charge in [0.2, 0.25) is 0 Å². The van der Waals surface area contributed by atoms with Gasteiger partial charge in [-0.05, 0) is 49.7 Å². The van der Waals surface area contributed by atoms with Gasteiger partial charge in [0.15, 0.2) is 5.96 Å². The molecule has 0 aromatic heterocycles. The lowest BCUT2D eigenvalue weighted by molar-refractivity contribution is -0.0390. The molecule has 0 radical (unpaired) electrons. The van der Waals surface area contributed by atoms with E-state index in [4.69, 9.17) is 19.2 Å². The van der Waals surface area contributed by atoms with Gasteiger partial charge in [-0.3, -0.25) is 0 Å². The predicted octanol–water partition coefficient (Wildman–Crippen LogP) is 3.21. The molecule has 0 amide bonds. The summed E-state index contributed by atoms with van der Waals surface area (Å²) in [7, 11) is 2.07. The van der Waals surface area contributed by atoms with Crippen LogP contribution in [-0.4, -0.2) is 63.5 Å². The average molecular weight is 404 g/mol. The standard InChI is InChI=1S/C23H37N3O3/c1-3-24-23(26(2)11-14-28-17-19-7-8-19)25-16-20-5-4-6-21(15-20)18-29-22-9-12-27-13-10-22/h4-6,15,19,22H,3,7-14,16-18H2,1-2H3,(H,24,25). The minimum atomic E-state index is 0.321. The number of likely N-dealkylation sites (N-methyl/N-ethyl adjacent to an activating group) is 1. The summed E-state index contributed by atoms with van der Waals surface area (Å²) < 4.78 is 17.2. The van der Waals surface area contributed by atoms with E-state index >= 15 is 0 Å². The summed E-state index contributed by atoms with van der Waals surface area (Å²) in [5, 5.41) is 3.38. The lowest BCUT2D eigenvalue weighted by atomic mass is 10.1. The van der Waals surface area contributed by atoms with Crippen LogP contribution < -0.4 is 5.32 Å². The molecule has 6 heteroatoms. The number of hydrogen-bond acceptors (Lipinski definition) is 4. The highest BCUT2D eigenvalue weighted by molar-refractivity contribution is 5.79. The lowest BCUT2D eigenvalue weighted by Crippen LogP contribution is -2.40. The Kier molecular flexibility index (Phi) is 9.25. The van der Waals surface area contributed by atoms with E-state index in [1.54, 1.807) is 0 Å². The molecule has 29 heavy (non-hydrogen) atoms. The van der Waals surface area contributed by atoms with E-state index in [0.29, 0.717) is 19.3 Å². The molecule has 0 bridgehead atoms. The number of nitrogens with zero attached hydrogens (tertiary/aromatic N) is 2. The zero-order valence-corrected chi connectivity index (χ0v) is 18.1. The van der Waals surface area contributed by atoms with Gasteiger partial charge in [-0.1, -0.05) is 24.3 Å².